The van der Waals surface area contributed by atoms with E-state index >= 15 is 0 Å². The Balaban J connectivity index is 1.59. The highest BCUT2D eigenvalue weighted by atomic mass is 16.5. The van der Waals surface area contributed by atoms with Crippen LogP contribution in [0.1, 0.15) is 36.5 Å². The van der Waals surface area contributed by atoms with Crippen molar-refractivity contribution >= 4 is 22.8 Å². The summed E-state index contributed by atoms with van der Waals surface area (Å²) in [5.74, 6) is -0.633. The van der Waals surface area contributed by atoms with Gasteiger partial charge in [0.05, 0.1) is 16.8 Å². The van der Waals surface area contributed by atoms with E-state index in [0.29, 0.717) is 11.3 Å². The average Bonchev–Trinajstić information content (AvgIpc) is 2.77. The van der Waals surface area contributed by atoms with Crippen molar-refractivity contribution in [1.29, 1.82) is 0 Å². The van der Waals surface area contributed by atoms with Crippen LogP contribution in [0.3, 0.4) is 0 Å². The van der Waals surface area contributed by atoms with Gasteiger partial charge in [0, 0.05) is 23.5 Å². The van der Waals surface area contributed by atoms with Gasteiger partial charge in [-0.05, 0) is 38.3 Å². The summed E-state index contributed by atoms with van der Waals surface area (Å²) >= 11 is 0. The molecule has 0 unspecified atom stereocenters. The molecule has 5 heteroatoms. The number of likely N-dealkylation sites (tertiary alicyclic amines) is 1. The average molecular weight is 388 g/mol. The highest BCUT2D eigenvalue weighted by Gasteiger charge is 2.24. The first kappa shape index (κ1) is 19.1. The molecule has 0 bridgehead atoms. The Kier molecular flexibility index (Phi) is 5.56. The van der Waals surface area contributed by atoms with Crippen LogP contribution in [0.25, 0.3) is 22.2 Å². The zero-order valence-electron chi connectivity index (χ0n) is 16.5. The Morgan fingerprint density at radius 2 is 1.83 bits per heavy atom. The highest BCUT2D eigenvalue weighted by Crippen LogP contribution is 2.25. The molecule has 5 nitrogen and oxygen atoms in total. The third-order valence-corrected chi connectivity index (χ3v) is 5.46. The van der Waals surface area contributed by atoms with Gasteiger partial charge in [0.2, 0.25) is 0 Å². The van der Waals surface area contributed by atoms with Gasteiger partial charge in [-0.25, -0.2) is 9.78 Å². The standard InChI is InChI=1S/C24H24N2O3/c1-17-9-7-8-14-26(17)23(27)16-29-24(28)20-15-22(18-10-3-2-4-11-18)25-21-13-6-5-12-19(20)21/h2-6,10-13,15,17H,7-9,14,16H2,1H3/t17-/m0/s1. The van der Waals surface area contributed by atoms with Crippen molar-refractivity contribution in [3.63, 3.8) is 0 Å². The predicted molar refractivity (Wildman–Crippen MR) is 112 cm³/mol. The third kappa shape index (κ3) is 4.14. The number of fused-ring (bicyclic) bond motifs is 1. The van der Waals surface area contributed by atoms with Gasteiger partial charge in [-0.15, -0.1) is 0 Å². The number of nitrogens with zero attached hydrogens (tertiary/aromatic N) is 2. The number of esters is 1. The van der Waals surface area contributed by atoms with Crippen LogP contribution < -0.4 is 0 Å². The van der Waals surface area contributed by atoms with Crippen molar-refractivity contribution in [2.45, 2.75) is 32.2 Å². The fraction of sp³-hybridized carbons (Fsp3) is 0.292. The van der Waals surface area contributed by atoms with Crippen molar-refractivity contribution in [3.8, 4) is 11.3 Å². The molecule has 1 atom stereocenters. The van der Waals surface area contributed by atoms with Crippen LogP contribution in [0.4, 0.5) is 0 Å². The minimum absolute atomic E-state index is 0.132. The molecular formula is C24H24N2O3. The van der Waals surface area contributed by atoms with Crippen molar-refractivity contribution in [2.75, 3.05) is 13.2 Å². The highest BCUT2D eigenvalue weighted by molar-refractivity contribution is 6.05. The number of aromatic nitrogens is 1. The normalized spacial score (nSPS) is 16.6. The molecule has 1 aliphatic rings. The van der Waals surface area contributed by atoms with E-state index in [2.05, 4.69) is 4.98 Å². The van der Waals surface area contributed by atoms with Crippen LogP contribution in [-0.2, 0) is 9.53 Å². The van der Waals surface area contributed by atoms with E-state index in [1.54, 1.807) is 6.07 Å². The van der Waals surface area contributed by atoms with Crippen LogP contribution in [0.5, 0.6) is 0 Å². The van der Waals surface area contributed by atoms with E-state index in [9.17, 15) is 9.59 Å². The Morgan fingerprint density at radius 1 is 1.07 bits per heavy atom. The largest absolute Gasteiger partial charge is 0.452 e. The zero-order chi connectivity index (χ0) is 20.2. The lowest BCUT2D eigenvalue weighted by molar-refractivity contribution is -0.137. The summed E-state index contributed by atoms with van der Waals surface area (Å²) in [6, 6.07) is 19.1. The van der Waals surface area contributed by atoms with E-state index in [1.807, 2.05) is 66.4 Å². The lowest BCUT2D eigenvalue weighted by atomic mass is 10.0. The second-order valence-electron chi connectivity index (χ2n) is 7.45. The molecule has 1 aromatic heterocycles. The van der Waals surface area contributed by atoms with Crippen LogP contribution in [0, 0.1) is 0 Å². The summed E-state index contributed by atoms with van der Waals surface area (Å²) in [5, 5.41) is 0.718. The second-order valence-corrected chi connectivity index (χ2v) is 7.45. The first-order chi connectivity index (χ1) is 14.1. The van der Waals surface area contributed by atoms with Gasteiger partial charge in [0.15, 0.2) is 6.61 Å². The van der Waals surface area contributed by atoms with Gasteiger partial charge in [-0.3, -0.25) is 4.79 Å². The van der Waals surface area contributed by atoms with Crippen LogP contribution in [-0.4, -0.2) is 41.0 Å². The van der Waals surface area contributed by atoms with E-state index in [0.717, 1.165) is 42.3 Å². The molecule has 29 heavy (non-hydrogen) atoms. The summed E-state index contributed by atoms with van der Waals surface area (Å²) in [4.78, 5) is 31.9. The molecule has 2 aromatic carbocycles. The monoisotopic (exact) mass is 388 g/mol. The number of benzene rings is 2. The molecular weight excluding hydrogens is 364 g/mol. The van der Waals surface area contributed by atoms with E-state index in [4.69, 9.17) is 4.74 Å². The number of ether oxygens (including phenoxy) is 1. The van der Waals surface area contributed by atoms with Crippen molar-refractivity contribution in [1.82, 2.24) is 9.88 Å². The fourth-order valence-electron chi connectivity index (χ4n) is 3.86. The summed E-state index contributed by atoms with van der Waals surface area (Å²) in [5.41, 5.74) is 2.77. The predicted octanol–water partition coefficient (Wildman–Crippen LogP) is 4.46. The van der Waals surface area contributed by atoms with Crippen LogP contribution >= 0.6 is 0 Å². The molecule has 0 N–H and O–H groups in total. The van der Waals surface area contributed by atoms with Crippen molar-refractivity contribution < 1.29 is 14.3 Å². The molecule has 3 aromatic rings. The number of rotatable bonds is 4. The molecule has 1 aliphatic heterocycles. The van der Waals surface area contributed by atoms with Gasteiger partial charge >= 0.3 is 5.97 Å². The van der Waals surface area contributed by atoms with E-state index < -0.39 is 5.97 Å². The maximum atomic E-state index is 12.9. The van der Waals surface area contributed by atoms with Gasteiger partial charge in [-0.1, -0.05) is 48.5 Å². The molecule has 0 aliphatic carbocycles. The smallest absolute Gasteiger partial charge is 0.339 e. The SMILES string of the molecule is C[C@H]1CCCCN1C(=O)COC(=O)c1cc(-c2ccccc2)nc2ccccc12. The van der Waals surface area contributed by atoms with Gasteiger partial charge in [0.25, 0.3) is 5.91 Å². The summed E-state index contributed by atoms with van der Waals surface area (Å²) < 4.78 is 5.43. The lowest BCUT2D eigenvalue weighted by Gasteiger charge is -2.33. The molecule has 4 rings (SSSR count). The number of carbonyl (C=O) groups excluding carboxylic acids is 2. The summed E-state index contributed by atoms with van der Waals surface area (Å²) in [6.45, 7) is 2.54. The summed E-state index contributed by atoms with van der Waals surface area (Å²) in [6.07, 6.45) is 3.13. The maximum absolute atomic E-state index is 12.9. The van der Waals surface area contributed by atoms with Gasteiger partial charge in [0.1, 0.15) is 0 Å². The number of hydrogen-bond acceptors (Lipinski definition) is 4. The zero-order valence-corrected chi connectivity index (χ0v) is 16.5. The molecule has 1 saturated heterocycles. The number of piperidine rings is 1. The molecule has 148 valence electrons. The number of para-hydroxylation sites is 1. The first-order valence-corrected chi connectivity index (χ1v) is 10.1. The Hall–Kier alpha value is -3.21. The van der Waals surface area contributed by atoms with Crippen LogP contribution in [0.15, 0.2) is 60.7 Å². The molecule has 1 fully saturated rings. The number of pyridine rings is 1. The van der Waals surface area contributed by atoms with E-state index in [-0.39, 0.29) is 18.6 Å². The maximum Gasteiger partial charge on any atom is 0.339 e. The van der Waals surface area contributed by atoms with Crippen LogP contribution in [0.2, 0.25) is 0 Å². The van der Waals surface area contributed by atoms with Crippen molar-refractivity contribution in [2.24, 2.45) is 0 Å². The lowest BCUT2D eigenvalue weighted by Crippen LogP contribution is -2.44. The minimum atomic E-state index is -0.501. The molecule has 0 radical (unpaired) electrons. The third-order valence-electron chi connectivity index (χ3n) is 5.46. The molecule has 0 spiro atoms. The van der Waals surface area contributed by atoms with Gasteiger partial charge in [-0.2, -0.15) is 0 Å². The molecule has 2 heterocycles. The molecule has 1 amide bonds. The minimum Gasteiger partial charge on any atom is -0.452 e. The quantitative estimate of drug-likeness (QED) is 0.619. The number of carbonyl (C=O) groups is 2. The van der Waals surface area contributed by atoms with E-state index in [1.165, 1.54) is 0 Å². The fourth-order valence-corrected chi connectivity index (χ4v) is 3.86. The van der Waals surface area contributed by atoms with Crippen molar-refractivity contribution in [3.05, 3.63) is 66.2 Å². The second kappa shape index (κ2) is 8.43. The summed E-state index contributed by atoms with van der Waals surface area (Å²) in [7, 11) is 0. The number of amides is 1. The molecule has 0 saturated carbocycles. The Morgan fingerprint density at radius 3 is 2.62 bits per heavy atom. The Bertz CT molecular complexity index is 1030. The number of hydrogen-bond donors (Lipinski definition) is 0. The van der Waals surface area contributed by atoms with Gasteiger partial charge < -0.3 is 9.64 Å². The Labute approximate surface area is 170 Å². The first-order valence-electron chi connectivity index (χ1n) is 10.1. The topological polar surface area (TPSA) is 59.5 Å².